The Labute approximate surface area is 186 Å². The Balaban J connectivity index is 2.98. The Morgan fingerprint density at radius 2 is 1.53 bits per heavy atom. The van der Waals surface area contributed by atoms with Crippen molar-refractivity contribution in [1.29, 1.82) is 0 Å². The van der Waals surface area contributed by atoms with E-state index in [1.54, 1.807) is 44.2 Å². The molecular formula is C21H31N5O6. The van der Waals surface area contributed by atoms with Crippen LogP contribution in [0.1, 0.15) is 32.3 Å². The lowest BCUT2D eigenvalue weighted by Gasteiger charge is -2.26. The number of carbonyl (C=O) groups is 5. The maximum Gasteiger partial charge on any atom is 0.326 e. The molecule has 32 heavy (non-hydrogen) atoms. The van der Waals surface area contributed by atoms with Crippen LogP contribution in [-0.2, 0) is 30.4 Å². The molecule has 0 aliphatic rings. The van der Waals surface area contributed by atoms with Gasteiger partial charge in [-0.25, -0.2) is 4.79 Å². The Morgan fingerprint density at radius 3 is 2.03 bits per heavy atom. The molecule has 0 heterocycles. The van der Waals surface area contributed by atoms with E-state index in [9.17, 15) is 29.1 Å². The highest BCUT2D eigenvalue weighted by Gasteiger charge is 2.30. The van der Waals surface area contributed by atoms with Crippen LogP contribution in [0.5, 0.6) is 0 Å². The van der Waals surface area contributed by atoms with Gasteiger partial charge in [0.1, 0.15) is 18.1 Å². The molecule has 1 rings (SSSR count). The molecule has 0 aromatic heterocycles. The van der Waals surface area contributed by atoms with Crippen molar-refractivity contribution in [2.75, 3.05) is 6.54 Å². The van der Waals surface area contributed by atoms with Gasteiger partial charge in [0.05, 0.1) is 6.54 Å². The highest BCUT2D eigenvalue weighted by atomic mass is 16.4. The molecule has 1 aromatic carbocycles. The first-order valence-electron chi connectivity index (χ1n) is 10.2. The first-order valence-corrected chi connectivity index (χ1v) is 10.2. The summed E-state index contributed by atoms with van der Waals surface area (Å²) in [5.41, 5.74) is 11.1. The van der Waals surface area contributed by atoms with Crippen LogP contribution in [0.4, 0.5) is 0 Å². The SMILES string of the molecule is CC(C)C(NC(=O)CN)C(=O)NC(CCC(N)=O)C(=O)NC(Cc1ccccc1)C(=O)O. The molecule has 0 saturated carbocycles. The predicted molar refractivity (Wildman–Crippen MR) is 116 cm³/mol. The summed E-state index contributed by atoms with van der Waals surface area (Å²) in [6.07, 6.45) is -0.323. The molecule has 0 spiro atoms. The zero-order valence-electron chi connectivity index (χ0n) is 18.2. The molecule has 0 aliphatic heterocycles. The molecule has 8 N–H and O–H groups in total. The maximum atomic E-state index is 12.8. The number of nitrogens with one attached hydrogen (secondary N) is 3. The quantitative estimate of drug-likeness (QED) is 0.214. The highest BCUT2D eigenvalue weighted by molar-refractivity contribution is 5.94. The second-order valence-corrected chi connectivity index (χ2v) is 7.65. The summed E-state index contributed by atoms with van der Waals surface area (Å²) >= 11 is 0. The summed E-state index contributed by atoms with van der Waals surface area (Å²) in [4.78, 5) is 60.1. The maximum absolute atomic E-state index is 12.8. The minimum Gasteiger partial charge on any atom is -0.480 e. The van der Waals surface area contributed by atoms with Crippen molar-refractivity contribution in [2.24, 2.45) is 17.4 Å². The number of carboxylic acids is 1. The van der Waals surface area contributed by atoms with E-state index in [2.05, 4.69) is 16.0 Å². The van der Waals surface area contributed by atoms with Gasteiger partial charge in [0.2, 0.25) is 23.6 Å². The van der Waals surface area contributed by atoms with Crippen molar-refractivity contribution in [3.05, 3.63) is 35.9 Å². The van der Waals surface area contributed by atoms with Gasteiger partial charge in [0.15, 0.2) is 0 Å². The fourth-order valence-electron chi connectivity index (χ4n) is 2.91. The Morgan fingerprint density at radius 1 is 0.938 bits per heavy atom. The molecule has 0 aliphatic carbocycles. The third-order valence-corrected chi connectivity index (χ3v) is 4.66. The molecule has 3 atom stereocenters. The van der Waals surface area contributed by atoms with Gasteiger partial charge in [-0.2, -0.15) is 0 Å². The van der Waals surface area contributed by atoms with E-state index in [0.717, 1.165) is 0 Å². The minimum absolute atomic E-state index is 0.0274. The molecule has 176 valence electrons. The summed E-state index contributed by atoms with van der Waals surface area (Å²) < 4.78 is 0. The molecule has 1 aromatic rings. The topological polar surface area (TPSA) is 194 Å². The molecule has 0 saturated heterocycles. The van der Waals surface area contributed by atoms with E-state index in [0.29, 0.717) is 5.56 Å². The lowest BCUT2D eigenvalue weighted by Crippen LogP contribution is -2.57. The number of carboxylic acid groups (broad SMARTS) is 1. The number of primary amides is 1. The monoisotopic (exact) mass is 449 g/mol. The van der Waals surface area contributed by atoms with Crippen molar-refractivity contribution in [2.45, 2.75) is 51.2 Å². The van der Waals surface area contributed by atoms with Crippen LogP contribution in [0.25, 0.3) is 0 Å². The van der Waals surface area contributed by atoms with Gasteiger partial charge in [-0.3, -0.25) is 19.2 Å². The number of hydrogen-bond donors (Lipinski definition) is 6. The minimum atomic E-state index is -1.25. The van der Waals surface area contributed by atoms with E-state index in [1.807, 2.05) is 0 Å². The summed E-state index contributed by atoms with van der Waals surface area (Å²) in [7, 11) is 0. The van der Waals surface area contributed by atoms with E-state index in [-0.39, 0.29) is 31.7 Å². The second-order valence-electron chi connectivity index (χ2n) is 7.65. The lowest BCUT2D eigenvalue weighted by atomic mass is 10.0. The van der Waals surface area contributed by atoms with Crippen molar-refractivity contribution >= 4 is 29.6 Å². The van der Waals surface area contributed by atoms with Gasteiger partial charge in [-0.15, -0.1) is 0 Å². The van der Waals surface area contributed by atoms with Crippen molar-refractivity contribution in [3.63, 3.8) is 0 Å². The molecule has 11 heteroatoms. The number of carbonyl (C=O) groups excluding carboxylic acids is 4. The van der Waals surface area contributed by atoms with Crippen LogP contribution in [0.2, 0.25) is 0 Å². The average molecular weight is 450 g/mol. The van der Waals surface area contributed by atoms with Crippen molar-refractivity contribution in [1.82, 2.24) is 16.0 Å². The predicted octanol–water partition coefficient (Wildman–Crippen LogP) is -1.35. The molecular weight excluding hydrogens is 418 g/mol. The summed E-state index contributed by atoms with van der Waals surface area (Å²) in [5, 5.41) is 16.9. The van der Waals surface area contributed by atoms with E-state index < -0.39 is 47.7 Å². The number of amides is 4. The number of aliphatic carboxylic acids is 1. The molecule has 3 unspecified atom stereocenters. The summed E-state index contributed by atoms with van der Waals surface area (Å²) in [6.45, 7) is 3.07. The molecule has 0 radical (unpaired) electrons. The zero-order chi connectivity index (χ0) is 24.3. The second kappa shape index (κ2) is 13.1. The largest absolute Gasteiger partial charge is 0.480 e. The lowest BCUT2D eigenvalue weighted by molar-refractivity contribution is -0.142. The molecule has 0 bridgehead atoms. The van der Waals surface area contributed by atoms with Crippen LogP contribution in [-0.4, -0.2) is 59.4 Å². The first-order chi connectivity index (χ1) is 15.0. The third-order valence-electron chi connectivity index (χ3n) is 4.66. The van der Waals surface area contributed by atoms with Gasteiger partial charge in [0, 0.05) is 12.8 Å². The Hall–Kier alpha value is -3.47. The van der Waals surface area contributed by atoms with Gasteiger partial charge in [-0.05, 0) is 17.9 Å². The normalized spacial score (nSPS) is 13.5. The van der Waals surface area contributed by atoms with Crippen molar-refractivity contribution < 1.29 is 29.1 Å². The number of nitrogens with two attached hydrogens (primary N) is 2. The van der Waals surface area contributed by atoms with Crippen LogP contribution in [0, 0.1) is 5.92 Å². The van der Waals surface area contributed by atoms with Crippen LogP contribution < -0.4 is 27.4 Å². The van der Waals surface area contributed by atoms with Gasteiger partial charge >= 0.3 is 5.97 Å². The Kier molecular flexibility index (Phi) is 10.8. The molecule has 11 nitrogen and oxygen atoms in total. The molecule has 0 fully saturated rings. The molecule has 4 amide bonds. The van der Waals surface area contributed by atoms with Crippen molar-refractivity contribution in [3.8, 4) is 0 Å². The highest BCUT2D eigenvalue weighted by Crippen LogP contribution is 2.07. The third kappa shape index (κ3) is 9.13. The van der Waals surface area contributed by atoms with Crippen LogP contribution in [0.15, 0.2) is 30.3 Å². The van der Waals surface area contributed by atoms with Crippen LogP contribution in [0.3, 0.4) is 0 Å². The summed E-state index contributed by atoms with van der Waals surface area (Å²) in [6, 6.07) is 5.25. The first kappa shape index (κ1) is 26.6. The van der Waals surface area contributed by atoms with Gasteiger partial charge in [-0.1, -0.05) is 44.2 Å². The van der Waals surface area contributed by atoms with Gasteiger partial charge < -0.3 is 32.5 Å². The number of benzene rings is 1. The fraction of sp³-hybridized carbons (Fsp3) is 0.476. The fourth-order valence-corrected chi connectivity index (χ4v) is 2.91. The van der Waals surface area contributed by atoms with Crippen LogP contribution >= 0.6 is 0 Å². The van der Waals surface area contributed by atoms with Gasteiger partial charge in [0.25, 0.3) is 0 Å². The zero-order valence-corrected chi connectivity index (χ0v) is 18.2. The van der Waals surface area contributed by atoms with E-state index >= 15 is 0 Å². The van der Waals surface area contributed by atoms with E-state index in [1.165, 1.54) is 0 Å². The Bertz CT molecular complexity index is 814. The standard InChI is InChI=1S/C21H31N5O6/c1-12(2)18(26-17(28)11-22)20(30)24-14(8-9-16(23)27)19(29)25-15(21(31)32)10-13-6-4-3-5-7-13/h3-7,12,14-15,18H,8-11,22H2,1-2H3,(H2,23,27)(H,24,30)(H,25,29)(H,26,28)(H,31,32). The number of hydrogen-bond acceptors (Lipinski definition) is 6. The summed E-state index contributed by atoms with van der Waals surface area (Å²) in [5.74, 6) is -4.26. The smallest absolute Gasteiger partial charge is 0.326 e. The van der Waals surface area contributed by atoms with E-state index in [4.69, 9.17) is 11.5 Å². The average Bonchev–Trinajstić information content (AvgIpc) is 2.74. The number of rotatable bonds is 13.